The Morgan fingerprint density at radius 1 is 1.36 bits per heavy atom. The number of hydrogen-bond donors (Lipinski definition) is 2. The molecule has 0 aliphatic heterocycles. The van der Waals surface area contributed by atoms with E-state index in [2.05, 4.69) is 9.98 Å². The van der Waals surface area contributed by atoms with Crippen LogP contribution < -0.4 is 11.5 Å². The van der Waals surface area contributed by atoms with E-state index in [4.69, 9.17) is 11.5 Å². The molecule has 0 unspecified atom stereocenters. The van der Waals surface area contributed by atoms with Crippen LogP contribution in [0.4, 0.5) is 0 Å². The number of guanidine groups is 2. The Balaban J connectivity index is 4.36. The quantitative estimate of drug-likeness (QED) is 0.386. The lowest BCUT2D eigenvalue weighted by Crippen LogP contribution is -2.29. The van der Waals surface area contributed by atoms with Crippen molar-refractivity contribution in [2.24, 2.45) is 21.5 Å². The lowest BCUT2D eigenvalue weighted by Gasteiger charge is -2.10. The van der Waals surface area contributed by atoms with Crippen LogP contribution in [0, 0.1) is 0 Å². The molecule has 5 nitrogen and oxygen atoms in total. The fourth-order valence-electron chi connectivity index (χ4n) is 0.534. The van der Waals surface area contributed by atoms with E-state index in [1.807, 2.05) is 21.0 Å². The van der Waals surface area contributed by atoms with Crippen molar-refractivity contribution in [3.05, 3.63) is 0 Å². The summed E-state index contributed by atoms with van der Waals surface area (Å²) in [5.74, 6) is 0.582. The highest BCUT2D eigenvalue weighted by atomic mass is 15.3. The van der Waals surface area contributed by atoms with Crippen molar-refractivity contribution in [1.29, 1.82) is 0 Å². The average Bonchev–Trinajstić information content (AvgIpc) is 1.86. The maximum Gasteiger partial charge on any atom is 0.223 e. The van der Waals surface area contributed by atoms with Crippen molar-refractivity contribution in [2.75, 3.05) is 20.6 Å². The molecule has 0 aromatic rings. The van der Waals surface area contributed by atoms with Crippen LogP contribution in [0.15, 0.2) is 9.98 Å². The summed E-state index contributed by atoms with van der Waals surface area (Å²) in [5.41, 5.74) is 10.4. The fourth-order valence-corrected chi connectivity index (χ4v) is 0.534. The van der Waals surface area contributed by atoms with Gasteiger partial charge in [-0.1, -0.05) is 0 Å². The van der Waals surface area contributed by atoms with Gasteiger partial charge in [-0.25, -0.2) is 0 Å². The van der Waals surface area contributed by atoms with Gasteiger partial charge in [0.05, 0.1) is 0 Å². The molecule has 0 atom stereocenters. The molecular weight excluding hydrogens is 142 g/mol. The summed E-state index contributed by atoms with van der Waals surface area (Å²) >= 11 is 0. The second-order valence-corrected chi connectivity index (χ2v) is 2.21. The van der Waals surface area contributed by atoms with Gasteiger partial charge in [-0.05, 0) is 6.92 Å². The lowest BCUT2D eigenvalue weighted by molar-refractivity contribution is 0.611. The van der Waals surface area contributed by atoms with Crippen molar-refractivity contribution in [3.8, 4) is 0 Å². The van der Waals surface area contributed by atoms with Crippen LogP contribution >= 0.6 is 0 Å². The fraction of sp³-hybridized carbons (Fsp3) is 0.667. The molecule has 0 saturated carbocycles. The van der Waals surface area contributed by atoms with E-state index < -0.39 is 0 Å². The third-order valence-electron chi connectivity index (χ3n) is 0.929. The van der Waals surface area contributed by atoms with E-state index in [1.54, 1.807) is 4.90 Å². The van der Waals surface area contributed by atoms with Gasteiger partial charge in [-0.2, -0.15) is 4.99 Å². The van der Waals surface area contributed by atoms with Crippen LogP contribution in [0.25, 0.3) is 0 Å². The molecular formula is C6H15N5. The molecule has 0 aliphatic carbocycles. The van der Waals surface area contributed by atoms with E-state index in [0.29, 0.717) is 12.5 Å². The van der Waals surface area contributed by atoms with E-state index in [0.717, 1.165) is 0 Å². The average molecular weight is 157 g/mol. The van der Waals surface area contributed by atoms with Gasteiger partial charge in [0.1, 0.15) is 0 Å². The van der Waals surface area contributed by atoms with Crippen LogP contribution in [0.2, 0.25) is 0 Å². The highest BCUT2D eigenvalue weighted by molar-refractivity contribution is 5.93. The van der Waals surface area contributed by atoms with Gasteiger partial charge in [-0.15, -0.1) is 0 Å². The maximum atomic E-state index is 5.18. The van der Waals surface area contributed by atoms with E-state index in [1.165, 1.54) is 0 Å². The van der Waals surface area contributed by atoms with Crippen molar-refractivity contribution in [2.45, 2.75) is 6.92 Å². The van der Waals surface area contributed by atoms with E-state index in [-0.39, 0.29) is 5.96 Å². The van der Waals surface area contributed by atoms with Gasteiger partial charge in [0, 0.05) is 20.6 Å². The monoisotopic (exact) mass is 157 g/mol. The molecule has 64 valence electrons. The Morgan fingerprint density at radius 3 is 2.18 bits per heavy atom. The highest BCUT2D eigenvalue weighted by Gasteiger charge is 1.97. The molecule has 0 aromatic carbocycles. The third-order valence-corrected chi connectivity index (χ3v) is 0.929. The predicted molar refractivity (Wildman–Crippen MR) is 47.5 cm³/mol. The molecule has 0 amide bonds. The van der Waals surface area contributed by atoms with Crippen molar-refractivity contribution in [1.82, 2.24) is 4.90 Å². The first-order valence-electron chi connectivity index (χ1n) is 3.39. The number of hydrogen-bond acceptors (Lipinski definition) is 1. The Bertz CT molecular complexity index is 166. The lowest BCUT2D eigenvalue weighted by atomic mass is 10.7. The second kappa shape index (κ2) is 4.54. The number of nitrogens with two attached hydrogens (primary N) is 2. The normalized spacial score (nSPS) is 11.0. The van der Waals surface area contributed by atoms with Crippen LogP contribution in [-0.4, -0.2) is 37.5 Å². The van der Waals surface area contributed by atoms with Gasteiger partial charge in [-0.3, -0.25) is 4.99 Å². The Morgan fingerprint density at radius 2 is 1.91 bits per heavy atom. The Kier molecular flexibility index (Phi) is 4.02. The minimum atomic E-state index is 0.0332. The van der Waals surface area contributed by atoms with Gasteiger partial charge in [0.15, 0.2) is 5.96 Å². The molecule has 4 N–H and O–H groups in total. The largest absolute Gasteiger partial charge is 0.370 e. The summed E-state index contributed by atoms with van der Waals surface area (Å²) in [5, 5.41) is 0. The molecule has 0 spiro atoms. The first-order valence-corrected chi connectivity index (χ1v) is 3.39. The van der Waals surface area contributed by atoms with Crippen LogP contribution in [0.1, 0.15) is 6.92 Å². The number of rotatable bonds is 1. The predicted octanol–water partition coefficient (Wildman–Crippen LogP) is -0.803. The van der Waals surface area contributed by atoms with E-state index in [9.17, 15) is 0 Å². The van der Waals surface area contributed by atoms with Crippen molar-refractivity contribution in [3.63, 3.8) is 0 Å². The van der Waals surface area contributed by atoms with Crippen LogP contribution in [-0.2, 0) is 0 Å². The maximum absolute atomic E-state index is 5.18. The standard InChI is InChI=1S/C6H15N5/c1-4-9-6(11(2)3)10-5(7)8/h4H2,1-3H3,(H4,7,8,9,10). The topological polar surface area (TPSA) is 80.0 Å². The SMILES string of the molecule is CCN=C(N=C(N)N)N(C)C. The summed E-state index contributed by atoms with van der Waals surface area (Å²) in [6.07, 6.45) is 0. The molecule has 0 radical (unpaired) electrons. The first kappa shape index (κ1) is 9.74. The molecule has 0 bridgehead atoms. The third kappa shape index (κ3) is 4.19. The number of aliphatic imine (C=N–C) groups is 2. The van der Waals surface area contributed by atoms with Crippen LogP contribution in [0.3, 0.4) is 0 Å². The Hall–Kier alpha value is -1.26. The molecule has 5 heteroatoms. The first-order chi connectivity index (χ1) is 5.07. The minimum Gasteiger partial charge on any atom is -0.370 e. The van der Waals surface area contributed by atoms with Crippen LogP contribution in [0.5, 0.6) is 0 Å². The summed E-state index contributed by atoms with van der Waals surface area (Å²) in [4.78, 5) is 9.63. The summed E-state index contributed by atoms with van der Waals surface area (Å²) in [6, 6.07) is 0. The molecule has 0 fully saturated rings. The molecule has 0 aromatic heterocycles. The van der Waals surface area contributed by atoms with Gasteiger partial charge >= 0.3 is 0 Å². The van der Waals surface area contributed by atoms with E-state index >= 15 is 0 Å². The van der Waals surface area contributed by atoms with Gasteiger partial charge in [0.2, 0.25) is 5.96 Å². The van der Waals surface area contributed by atoms with Crippen molar-refractivity contribution >= 4 is 11.9 Å². The zero-order valence-corrected chi connectivity index (χ0v) is 7.20. The zero-order chi connectivity index (χ0) is 8.85. The number of nitrogens with zero attached hydrogens (tertiary/aromatic N) is 3. The summed E-state index contributed by atoms with van der Waals surface area (Å²) < 4.78 is 0. The minimum absolute atomic E-state index is 0.0332. The van der Waals surface area contributed by atoms with Gasteiger partial charge < -0.3 is 16.4 Å². The van der Waals surface area contributed by atoms with Gasteiger partial charge in [0.25, 0.3) is 0 Å². The highest BCUT2D eigenvalue weighted by Crippen LogP contribution is 1.85. The molecule has 0 heterocycles. The Labute approximate surface area is 66.8 Å². The smallest absolute Gasteiger partial charge is 0.223 e. The molecule has 11 heavy (non-hydrogen) atoms. The molecule has 0 rings (SSSR count). The zero-order valence-electron chi connectivity index (χ0n) is 7.20. The summed E-state index contributed by atoms with van der Waals surface area (Å²) in [6.45, 7) is 2.59. The van der Waals surface area contributed by atoms with Crippen molar-refractivity contribution < 1.29 is 0 Å². The molecule has 0 saturated heterocycles. The summed E-state index contributed by atoms with van der Waals surface area (Å²) in [7, 11) is 3.67. The second-order valence-electron chi connectivity index (χ2n) is 2.21. The molecule has 0 aliphatic rings.